The molecular weight excluding hydrogens is 439 g/mol. The number of amides is 1. The second kappa shape index (κ2) is 8.96. The second-order valence-electron chi connectivity index (χ2n) is 6.38. The van der Waals surface area contributed by atoms with E-state index in [1.54, 1.807) is 29.2 Å². The number of thioether (sulfide) groups is 1. The molecule has 30 heavy (non-hydrogen) atoms. The topological polar surface area (TPSA) is 45.8 Å². The van der Waals surface area contributed by atoms with E-state index in [0.717, 1.165) is 11.3 Å². The summed E-state index contributed by atoms with van der Waals surface area (Å²) in [6.07, 6.45) is 3.40. The summed E-state index contributed by atoms with van der Waals surface area (Å²) in [5.74, 6) is 1.06. The van der Waals surface area contributed by atoms with Crippen LogP contribution in [0.3, 0.4) is 0 Å². The maximum atomic E-state index is 12.9. The fourth-order valence-corrected chi connectivity index (χ4v) is 4.14. The molecule has 7 heteroatoms. The number of hydrogen-bond donors (Lipinski definition) is 0. The number of carbonyl (C=O) groups excluding carboxylic acids is 1. The molecule has 3 aromatic rings. The largest absolute Gasteiger partial charge is 0.457 e. The summed E-state index contributed by atoms with van der Waals surface area (Å²) in [5.41, 5.74) is 1.59. The van der Waals surface area contributed by atoms with Gasteiger partial charge < -0.3 is 4.42 Å². The average molecular weight is 455 g/mol. The zero-order valence-electron chi connectivity index (χ0n) is 15.7. The zero-order valence-corrected chi connectivity index (χ0v) is 18.0. The van der Waals surface area contributed by atoms with E-state index in [4.69, 9.17) is 27.6 Å². The van der Waals surface area contributed by atoms with Crippen molar-refractivity contribution in [3.8, 4) is 11.3 Å². The van der Waals surface area contributed by atoms with E-state index in [0.29, 0.717) is 38.2 Å². The lowest BCUT2D eigenvalue weighted by Gasteiger charge is -2.12. The van der Waals surface area contributed by atoms with Gasteiger partial charge in [-0.2, -0.15) is 0 Å². The van der Waals surface area contributed by atoms with E-state index in [1.807, 2.05) is 48.5 Å². The first-order valence-electron chi connectivity index (χ1n) is 9.06. The monoisotopic (exact) mass is 454 g/mol. The highest BCUT2D eigenvalue weighted by molar-refractivity contribution is 8.18. The molecule has 0 atom stereocenters. The summed E-state index contributed by atoms with van der Waals surface area (Å²) >= 11 is 13.4. The Labute approximate surface area is 188 Å². The van der Waals surface area contributed by atoms with Crippen molar-refractivity contribution in [2.24, 2.45) is 4.99 Å². The van der Waals surface area contributed by atoms with E-state index >= 15 is 0 Å². The van der Waals surface area contributed by atoms with E-state index in [2.05, 4.69) is 11.6 Å². The van der Waals surface area contributed by atoms with Gasteiger partial charge in [0, 0.05) is 18.2 Å². The van der Waals surface area contributed by atoms with E-state index in [1.165, 1.54) is 11.8 Å². The van der Waals surface area contributed by atoms with Crippen LogP contribution in [-0.4, -0.2) is 22.5 Å². The van der Waals surface area contributed by atoms with E-state index in [9.17, 15) is 4.79 Å². The molecule has 4 nitrogen and oxygen atoms in total. The normalized spacial score (nSPS) is 16.6. The Morgan fingerprint density at radius 3 is 2.60 bits per heavy atom. The summed E-state index contributed by atoms with van der Waals surface area (Å²) in [6, 6.07) is 18.4. The Morgan fingerprint density at radius 2 is 1.87 bits per heavy atom. The highest BCUT2D eigenvalue weighted by Gasteiger charge is 2.32. The minimum Gasteiger partial charge on any atom is -0.457 e. The Morgan fingerprint density at radius 1 is 1.07 bits per heavy atom. The minimum atomic E-state index is -0.137. The quantitative estimate of drug-likeness (QED) is 0.306. The number of para-hydroxylation sites is 1. The molecule has 0 aliphatic carbocycles. The minimum absolute atomic E-state index is 0.137. The molecule has 1 saturated heterocycles. The third-order valence-corrected chi connectivity index (χ3v) is 6.03. The van der Waals surface area contributed by atoms with Crippen LogP contribution in [0.5, 0.6) is 0 Å². The van der Waals surface area contributed by atoms with Crippen molar-refractivity contribution < 1.29 is 9.21 Å². The van der Waals surface area contributed by atoms with Gasteiger partial charge in [-0.25, -0.2) is 4.99 Å². The van der Waals surface area contributed by atoms with Crippen LogP contribution in [-0.2, 0) is 4.79 Å². The van der Waals surface area contributed by atoms with Crippen molar-refractivity contribution in [2.45, 2.75) is 0 Å². The van der Waals surface area contributed by atoms with Crippen LogP contribution >= 0.6 is 35.0 Å². The summed E-state index contributed by atoms with van der Waals surface area (Å²) in [7, 11) is 0. The first-order valence-corrected chi connectivity index (χ1v) is 10.6. The van der Waals surface area contributed by atoms with Gasteiger partial charge >= 0.3 is 0 Å². The zero-order chi connectivity index (χ0) is 21.1. The van der Waals surface area contributed by atoms with Crippen LogP contribution < -0.4 is 0 Å². The molecule has 2 aromatic carbocycles. The van der Waals surface area contributed by atoms with Gasteiger partial charge in [0.2, 0.25) is 0 Å². The maximum absolute atomic E-state index is 12.9. The standard InChI is InChI=1S/C23H16Cl2N2O2S/c1-2-12-27-22(28)21(30-23(27)26-16-6-4-3-5-7-16)14-17-9-11-20(29-17)15-8-10-18(24)19(25)13-15/h2-11,13-14H,1,12H2/b21-14+,26-23?. The number of benzene rings is 2. The molecule has 0 spiro atoms. The van der Waals surface area contributed by atoms with Gasteiger partial charge in [0.05, 0.1) is 20.6 Å². The van der Waals surface area contributed by atoms with Gasteiger partial charge in [0.15, 0.2) is 5.17 Å². The molecular formula is C23H16Cl2N2O2S. The highest BCUT2D eigenvalue weighted by Crippen LogP contribution is 2.35. The lowest BCUT2D eigenvalue weighted by Crippen LogP contribution is -2.29. The van der Waals surface area contributed by atoms with Gasteiger partial charge in [-0.15, -0.1) is 6.58 Å². The van der Waals surface area contributed by atoms with Crippen molar-refractivity contribution >= 4 is 57.8 Å². The number of aliphatic imine (C=N–C) groups is 1. The number of rotatable bonds is 5. The molecule has 1 aliphatic heterocycles. The summed E-state index contributed by atoms with van der Waals surface area (Å²) < 4.78 is 5.90. The van der Waals surface area contributed by atoms with Crippen LogP contribution in [0.25, 0.3) is 17.4 Å². The number of amidine groups is 1. The smallest absolute Gasteiger partial charge is 0.267 e. The molecule has 1 fully saturated rings. The highest BCUT2D eigenvalue weighted by atomic mass is 35.5. The number of hydrogen-bond acceptors (Lipinski definition) is 4. The van der Waals surface area contributed by atoms with Crippen molar-refractivity contribution in [3.05, 3.63) is 94.0 Å². The van der Waals surface area contributed by atoms with Crippen LogP contribution in [0.15, 0.2) is 87.6 Å². The molecule has 150 valence electrons. The second-order valence-corrected chi connectivity index (χ2v) is 8.20. The molecule has 0 saturated carbocycles. The van der Waals surface area contributed by atoms with Crippen molar-refractivity contribution in [2.75, 3.05) is 6.54 Å². The van der Waals surface area contributed by atoms with Gasteiger partial charge in [0.25, 0.3) is 5.91 Å². The van der Waals surface area contributed by atoms with Crippen LogP contribution in [0.4, 0.5) is 5.69 Å². The van der Waals surface area contributed by atoms with Gasteiger partial charge in [-0.05, 0) is 54.2 Å². The molecule has 0 N–H and O–H groups in total. The first kappa shape index (κ1) is 20.5. The van der Waals surface area contributed by atoms with Gasteiger partial charge in [-0.1, -0.05) is 47.5 Å². The van der Waals surface area contributed by atoms with Gasteiger partial charge in [0.1, 0.15) is 11.5 Å². The third-order valence-electron chi connectivity index (χ3n) is 4.28. The number of carbonyl (C=O) groups is 1. The predicted molar refractivity (Wildman–Crippen MR) is 125 cm³/mol. The lowest BCUT2D eigenvalue weighted by atomic mass is 10.2. The average Bonchev–Trinajstić information content (AvgIpc) is 3.32. The van der Waals surface area contributed by atoms with Crippen molar-refractivity contribution in [1.82, 2.24) is 4.90 Å². The van der Waals surface area contributed by atoms with Crippen LogP contribution in [0.1, 0.15) is 5.76 Å². The lowest BCUT2D eigenvalue weighted by molar-refractivity contribution is -0.121. The molecule has 1 aromatic heterocycles. The SMILES string of the molecule is C=CCN1C(=O)/C(=C\c2ccc(-c3ccc(Cl)c(Cl)c3)o2)SC1=Nc1ccccc1. The Balaban J connectivity index is 1.63. The fraction of sp³-hybridized carbons (Fsp3) is 0.0435. The summed E-state index contributed by atoms with van der Waals surface area (Å²) in [6.45, 7) is 4.12. The molecule has 0 radical (unpaired) electrons. The molecule has 0 unspecified atom stereocenters. The van der Waals surface area contributed by atoms with Crippen LogP contribution in [0, 0.1) is 0 Å². The molecule has 4 rings (SSSR count). The molecule has 0 bridgehead atoms. The number of halogens is 2. The Hall–Kier alpha value is -2.73. The Kier molecular flexibility index (Phi) is 6.13. The molecule has 1 amide bonds. The predicted octanol–water partition coefficient (Wildman–Crippen LogP) is 7.04. The molecule has 2 heterocycles. The van der Waals surface area contributed by atoms with Crippen molar-refractivity contribution in [3.63, 3.8) is 0 Å². The third kappa shape index (κ3) is 4.38. The Bertz CT molecular complexity index is 1170. The first-order chi connectivity index (χ1) is 14.5. The number of nitrogens with zero attached hydrogens (tertiary/aromatic N) is 2. The van der Waals surface area contributed by atoms with Crippen molar-refractivity contribution in [1.29, 1.82) is 0 Å². The number of furan rings is 1. The molecule has 1 aliphatic rings. The van der Waals surface area contributed by atoms with E-state index in [-0.39, 0.29) is 5.91 Å². The fourth-order valence-electron chi connectivity index (χ4n) is 2.86. The maximum Gasteiger partial charge on any atom is 0.267 e. The summed E-state index contributed by atoms with van der Waals surface area (Å²) in [5, 5.41) is 1.54. The van der Waals surface area contributed by atoms with Gasteiger partial charge in [-0.3, -0.25) is 9.69 Å². The van der Waals surface area contributed by atoms with Crippen LogP contribution in [0.2, 0.25) is 10.0 Å². The summed E-state index contributed by atoms with van der Waals surface area (Å²) in [4.78, 5) is 19.6. The van der Waals surface area contributed by atoms with E-state index < -0.39 is 0 Å².